The van der Waals surface area contributed by atoms with E-state index in [4.69, 9.17) is 16.2 Å². The van der Waals surface area contributed by atoms with E-state index in [-0.39, 0.29) is 111 Å². The number of imidazole rings is 1. The lowest BCUT2D eigenvalue weighted by molar-refractivity contribution is -0.142. The van der Waals surface area contributed by atoms with Crippen molar-refractivity contribution in [2.24, 2.45) is 51.0 Å². The molecule has 4 aromatic rings. The molecule has 5 fully saturated rings. The Morgan fingerprint density at radius 3 is 2.05 bits per heavy atom. The molecule has 3 saturated carbocycles. The smallest absolute Gasteiger partial charge is 0.245 e. The van der Waals surface area contributed by atoms with Crippen molar-refractivity contribution in [3.63, 3.8) is 0 Å². The molecular weight excluding hydrogens is 1420 g/mol. The van der Waals surface area contributed by atoms with E-state index in [1.807, 2.05) is 13.8 Å². The van der Waals surface area contributed by atoms with Gasteiger partial charge in [0.05, 0.1) is 25.1 Å². The van der Waals surface area contributed by atoms with Gasteiger partial charge in [0.2, 0.25) is 59.1 Å². The number of phenolic OH excluding ortho intramolecular Hbond substituents is 1. The third kappa shape index (κ3) is 21.7. The molecule has 0 spiro atoms. The van der Waals surface area contributed by atoms with Gasteiger partial charge in [-0.05, 0) is 163 Å². The summed E-state index contributed by atoms with van der Waals surface area (Å²) in [6, 6.07) is 1.02. The van der Waals surface area contributed by atoms with Crippen LogP contribution in [0.15, 0.2) is 108 Å². The first-order valence-corrected chi connectivity index (χ1v) is 38.5. The Morgan fingerprint density at radius 1 is 0.757 bits per heavy atom. The number of fused-ring (bicyclic) bond motifs is 6. The number of nitrogens with one attached hydrogen (secondary N) is 11. The van der Waals surface area contributed by atoms with Gasteiger partial charge in [-0.15, -0.1) is 0 Å². The number of nitrogens with two attached hydrogens (primary N) is 2. The fraction of sp³-hybridized carbons (Fsp3) is 0.550. The predicted octanol–water partition coefficient (Wildman–Crippen LogP) is 2.36. The van der Waals surface area contributed by atoms with Gasteiger partial charge in [-0.25, -0.2) is 4.98 Å². The first-order valence-electron chi connectivity index (χ1n) is 38.5. The number of aromatic nitrogens is 3. The Balaban J connectivity index is 0.000000542. The Hall–Kier alpha value is -10.6. The normalized spacial score (nSPS) is 23.1. The number of benzene rings is 2. The molecule has 17 N–H and O–H groups in total. The number of phenols is 1. The first kappa shape index (κ1) is 84.5. The summed E-state index contributed by atoms with van der Waals surface area (Å²) in [6.45, 7) is 18.5. The molecule has 31 nitrogen and oxygen atoms in total. The van der Waals surface area contributed by atoms with Crippen LogP contribution >= 0.6 is 0 Å². The molecular formula is C80H110N16O15. The summed E-state index contributed by atoms with van der Waals surface area (Å²) in [5.74, 6) is -5.58. The number of hydrogen-bond acceptors (Lipinski definition) is 17. The van der Waals surface area contributed by atoms with Gasteiger partial charge in [-0.1, -0.05) is 76.3 Å². The number of H-pyrrole nitrogens is 2. The standard InChI is InChI=1S/C60H86N16O13.C20H24O2/c1-7-64-57(87)48-15-11-23-76(48)58(88)41(14-10-22-65-59(61)62)69-51(81)42(24-33(2)3)70-56(86)47(31-89-60(4,5)6)75-52(82)43(25-34-16-18-37(78)19-17-34)71-55(85)46(30-77)74-53(83)44(26-35-28-66-39-13-9-8-12-38(35)39)72-54(84)45(27-36-29-63-32-67-36)73-50(80)40-20-21-49(79)68-40;1-12-10-14-15-4-5-18(22)20(15,3)9-7-16(14)19(2)8-6-13(21)11-17(12)19/h8-9,12-13,16-19,28-29,32-33,40-48,66,77-78H,7,10-11,14-15,20-27,30-31H2,1-6H3,(H,63,67)(H,64,87)(H,68,79)(H,69,81)(H,70,86)(H,71,85)(H,72,84)(H,73,80)(H,74,83)(H,75,82)(H4,61,62,65);6,8,11,14-16H,1,4-5,7,9-10H2,2-3H3/t40-,41-,42-,43-,44-,45-,46-,47+,48-;14-,15-,16-,19+,20-/m00/s1. The molecule has 4 heterocycles. The van der Waals surface area contributed by atoms with Gasteiger partial charge < -0.3 is 89.1 Å². The first-order chi connectivity index (χ1) is 52.7. The number of rotatable bonds is 32. The SMILES string of the molecule is C=C1C[C@@H]2[C@H](CC[C@]3(C)C(=O)CC[C@@H]23)[C@@]2(C)C=CC(=O)C=C12.CCNC(=O)[C@@H]1CCCN1C(=O)[C@H](CCCN=C(N)N)NC(=O)[C@H](CC(C)C)NC(=O)[C@@H](COC(C)(C)C)NC(=O)[C@H](Cc1ccc(O)cc1)NC(=O)[C@H](CO)NC(=O)[C@H](Cc1c[nH]c2ccccc12)NC(=O)[C@H](Cc1cnc[nH]1)NC(=O)[C@@H]1CCC(=O)N1. The number of ketones is 2. The molecule has 2 saturated heterocycles. The summed E-state index contributed by atoms with van der Waals surface area (Å²) in [5.41, 5.74) is 14.5. The number of likely N-dealkylation sites (N-methyl/N-ethyl adjacent to an activating group) is 1. The molecule has 2 aromatic carbocycles. The largest absolute Gasteiger partial charge is 0.508 e. The number of Topliss-reactive ketones (excluding diaryl/α,β-unsaturated/α-hetero) is 1. The number of ether oxygens (including phenoxy) is 1. The van der Waals surface area contributed by atoms with E-state index >= 15 is 0 Å². The molecule has 6 aliphatic rings. The van der Waals surface area contributed by atoms with Crippen LogP contribution in [0.2, 0.25) is 0 Å². The lowest BCUT2D eigenvalue weighted by Gasteiger charge is -2.56. The van der Waals surface area contributed by atoms with Gasteiger partial charge in [-0.2, -0.15) is 0 Å². The number of aliphatic imine (C=N–C) groups is 1. The van der Waals surface area contributed by atoms with E-state index < -0.39 is 120 Å². The molecule has 600 valence electrons. The maximum atomic E-state index is 14.8. The summed E-state index contributed by atoms with van der Waals surface area (Å²) in [4.78, 5) is 180. The number of likely N-dealkylation sites (tertiary alicyclic amines) is 1. The second-order valence-electron chi connectivity index (χ2n) is 31.7. The monoisotopic (exact) mass is 1530 g/mol. The van der Waals surface area contributed by atoms with Gasteiger partial charge in [-0.3, -0.25) is 62.5 Å². The minimum Gasteiger partial charge on any atom is -0.508 e. The minimum atomic E-state index is -1.78. The van der Waals surface area contributed by atoms with E-state index in [0.29, 0.717) is 70.6 Å². The van der Waals surface area contributed by atoms with Crippen molar-refractivity contribution in [2.75, 3.05) is 32.8 Å². The molecule has 0 unspecified atom stereocenters. The zero-order chi connectivity index (χ0) is 80.6. The number of aromatic hydroxyl groups is 1. The van der Waals surface area contributed by atoms with E-state index in [9.17, 15) is 67.7 Å². The van der Waals surface area contributed by atoms with Gasteiger partial charge in [0.25, 0.3) is 0 Å². The van der Waals surface area contributed by atoms with Gasteiger partial charge >= 0.3 is 0 Å². The Morgan fingerprint density at radius 2 is 1.40 bits per heavy atom. The average molecular weight is 1540 g/mol. The number of hydrogen-bond donors (Lipinski definition) is 15. The average Bonchev–Trinajstić information content (AvgIpc) is 1.70. The summed E-state index contributed by atoms with van der Waals surface area (Å²) in [5, 5.41) is 45.7. The van der Waals surface area contributed by atoms with Crippen molar-refractivity contribution in [1.82, 2.24) is 67.7 Å². The Bertz CT molecular complexity index is 4180. The topological polar surface area (TPSA) is 475 Å². The van der Waals surface area contributed by atoms with Crippen LogP contribution in [0.4, 0.5) is 0 Å². The lowest BCUT2D eigenvalue weighted by atomic mass is 9.48. The van der Waals surface area contributed by atoms with Crippen molar-refractivity contribution in [3.05, 3.63) is 120 Å². The van der Waals surface area contributed by atoms with E-state index in [0.717, 1.165) is 43.3 Å². The number of para-hydroxylation sites is 1. The van der Waals surface area contributed by atoms with Crippen LogP contribution in [-0.2, 0) is 81.5 Å². The second kappa shape index (κ2) is 37.4. The number of aliphatic hydroxyl groups excluding tert-OH is 1. The number of allylic oxidation sites excluding steroid dienone is 5. The number of guanidine groups is 1. The quantitative estimate of drug-likeness (QED) is 0.0190. The van der Waals surface area contributed by atoms with Gasteiger partial charge in [0.1, 0.15) is 65.9 Å². The fourth-order valence-corrected chi connectivity index (χ4v) is 16.3. The molecule has 10 rings (SSSR count). The third-order valence-corrected chi connectivity index (χ3v) is 22.1. The highest BCUT2D eigenvalue weighted by Crippen LogP contribution is 2.64. The van der Waals surface area contributed by atoms with Crippen LogP contribution in [0.3, 0.4) is 0 Å². The van der Waals surface area contributed by atoms with Crippen molar-refractivity contribution >= 4 is 87.5 Å². The molecule has 31 heteroatoms. The Labute approximate surface area is 646 Å². The minimum absolute atomic E-state index is 0.0578. The van der Waals surface area contributed by atoms with E-state index in [1.54, 1.807) is 70.3 Å². The maximum Gasteiger partial charge on any atom is 0.245 e. The van der Waals surface area contributed by atoms with Crippen LogP contribution in [-0.4, -0.2) is 199 Å². The predicted molar refractivity (Wildman–Crippen MR) is 413 cm³/mol. The molecule has 2 aromatic heterocycles. The number of aromatic amines is 2. The second-order valence-corrected chi connectivity index (χ2v) is 31.7. The zero-order valence-electron chi connectivity index (χ0n) is 64.6. The van der Waals surface area contributed by atoms with E-state index in [2.05, 4.69) is 94.3 Å². The van der Waals surface area contributed by atoms with Crippen LogP contribution in [0, 0.1) is 34.5 Å². The molecule has 10 amide bonds. The Kier molecular flexibility index (Phi) is 28.5. The van der Waals surface area contributed by atoms with Crippen molar-refractivity contribution in [2.45, 2.75) is 212 Å². The lowest BCUT2D eigenvalue weighted by Crippen LogP contribution is -2.62. The van der Waals surface area contributed by atoms with E-state index in [1.165, 1.54) is 41.7 Å². The number of aliphatic hydroxyl groups is 1. The number of amides is 10. The molecule has 0 bridgehead atoms. The van der Waals surface area contributed by atoms with Crippen molar-refractivity contribution in [1.29, 1.82) is 0 Å². The summed E-state index contributed by atoms with van der Waals surface area (Å²) in [6.07, 6.45) is 16.1. The summed E-state index contributed by atoms with van der Waals surface area (Å²) >= 11 is 0. The highest BCUT2D eigenvalue weighted by atomic mass is 16.5. The van der Waals surface area contributed by atoms with Crippen molar-refractivity contribution in [3.8, 4) is 5.75 Å². The number of nitrogens with zero attached hydrogens (tertiary/aromatic N) is 3. The molecule has 0 radical (unpaired) electrons. The maximum absolute atomic E-state index is 14.8. The highest BCUT2D eigenvalue weighted by Gasteiger charge is 2.59. The van der Waals surface area contributed by atoms with Gasteiger partial charge in [0.15, 0.2) is 11.7 Å². The summed E-state index contributed by atoms with van der Waals surface area (Å²) in [7, 11) is 0. The van der Waals surface area contributed by atoms with Crippen LogP contribution in [0.5, 0.6) is 5.75 Å². The number of carbonyl (C=O) groups is 12. The summed E-state index contributed by atoms with van der Waals surface area (Å²) < 4.78 is 6.04. The highest BCUT2D eigenvalue weighted by molar-refractivity contribution is 6.02. The fourth-order valence-electron chi connectivity index (χ4n) is 16.3. The molecule has 2 aliphatic heterocycles. The number of carbonyl (C=O) groups excluding carboxylic acids is 12. The molecule has 4 aliphatic carbocycles. The molecule has 14 atom stereocenters. The van der Waals surface area contributed by atoms with Gasteiger partial charge in [0, 0.05) is 91.6 Å². The molecule has 111 heavy (non-hydrogen) atoms. The zero-order valence-corrected chi connectivity index (χ0v) is 64.6. The van der Waals surface area contributed by atoms with Crippen LogP contribution in [0.1, 0.15) is 149 Å². The van der Waals surface area contributed by atoms with Crippen LogP contribution in [0.25, 0.3) is 10.9 Å². The van der Waals surface area contributed by atoms with Crippen LogP contribution < -0.4 is 59.3 Å². The third-order valence-electron chi connectivity index (χ3n) is 22.1. The van der Waals surface area contributed by atoms with Crippen molar-refractivity contribution < 1.29 is 72.5 Å².